The zero-order chi connectivity index (χ0) is 9.10. The van der Waals surface area contributed by atoms with Crippen LogP contribution >= 0.6 is 11.3 Å². The van der Waals surface area contributed by atoms with Gasteiger partial charge in [-0.1, -0.05) is 6.07 Å². The largest absolute Gasteiger partial charge is 0.496 e. The van der Waals surface area contributed by atoms with Gasteiger partial charge in [-0.05, 0) is 17.5 Å². The average Bonchev–Trinajstić information content (AvgIpc) is 2.74. The van der Waals surface area contributed by atoms with E-state index in [1.54, 1.807) is 11.3 Å². The Balaban J connectivity index is 1.95. The van der Waals surface area contributed by atoms with Crippen molar-refractivity contribution in [3.05, 3.63) is 34.2 Å². The molecule has 1 unspecified atom stereocenters. The first-order chi connectivity index (χ1) is 6.36. The molecule has 3 heteroatoms. The van der Waals surface area contributed by atoms with Crippen molar-refractivity contribution < 1.29 is 4.74 Å². The van der Waals surface area contributed by atoms with E-state index in [2.05, 4.69) is 23.6 Å². The molecule has 1 aliphatic heterocycles. The van der Waals surface area contributed by atoms with Crippen LogP contribution in [0.5, 0.6) is 0 Å². The van der Waals surface area contributed by atoms with Crippen LogP contribution in [-0.4, -0.2) is 12.6 Å². The summed E-state index contributed by atoms with van der Waals surface area (Å²) in [4.78, 5) is 1.32. The molecule has 2 heterocycles. The Bertz CT molecular complexity index is 292. The minimum atomic E-state index is 0.0427. The van der Waals surface area contributed by atoms with Gasteiger partial charge < -0.3 is 10.5 Å². The van der Waals surface area contributed by atoms with Crippen LogP contribution < -0.4 is 5.73 Å². The Morgan fingerprint density at radius 3 is 3.15 bits per heavy atom. The van der Waals surface area contributed by atoms with E-state index < -0.39 is 0 Å². The zero-order valence-electron chi connectivity index (χ0n) is 7.40. The van der Waals surface area contributed by atoms with Crippen molar-refractivity contribution >= 4 is 11.3 Å². The Hall–Kier alpha value is -0.800. The van der Waals surface area contributed by atoms with Gasteiger partial charge in [-0.15, -0.1) is 11.3 Å². The molecule has 2 N–H and O–H groups in total. The van der Waals surface area contributed by atoms with Crippen LogP contribution in [0.15, 0.2) is 29.3 Å². The van der Waals surface area contributed by atoms with Crippen LogP contribution in [-0.2, 0) is 11.2 Å². The van der Waals surface area contributed by atoms with Crippen LogP contribution in [0.4, 0.5) is 0 Å². The van der Waals surface area contributed by atoms with Crippen LogP contribution in [0.1, 0.15) is 11.3 Å². The summed E-state index contributed by atoms with van der Waals surface area (Å²) in [6, 6.07) is 4.21. The smallest absolute Gasteiger partial charge is 0.109 e. The Morgan fingerprint density at radius 2 is 2.54 bits per heavy atom. The number of rotatable bonds is 3. The first-order valence-corrected chi connectivity index (χ1v) is 5.35. The number of thiophene rings is 1. The maximum absolute atomic E-state index is 5.98. The van der Waals surface area contributed by atoms with E-state index in [4.69, 9.17) is 10.5 Å². The van der Waals surface area contributed by atoms with Crippen LogP contribution in [0.25, 0.3) is 0 Å². The van der Waals surface area contributed by atoms with Gasteiger partial charge in [0.25, 0.3) is 0 Å². The number of hydrogen-bond donors (Lipinski definition) is 1. The molecule has 70 valence electrons. The lowest BCUT2D eigenvalue weighted by atomic mass is 10.1. The highest BCUT2D eigenvalue weighted by atomic mass is 32.1. The van der Waals surface area contributed by atoms with Crippen molar-refractivity contribution in [1.82, 2.24) is 0 Å². The monoisotopic (exact) mass is 195 g/mol. The highest BCUT2D eigenvalue weighted by molar-refractivity contribution is 7.09. The molecule has 0 aromatic carbocycles. The third-order valence-electron chi connectivity index (χ3n) is 2.10. The summed E-state index contributed by atoms with van der Waals surface area (Å²) < 4.78 is 5.40. The third kappa shape index (κ3) is 2.11. The van der Waals surface area contributed by atoms with Gasteiger partial charge in [0.1, 0.15) is 5.76 Å². The summed E-state index contributed by atoms with van der Waals surface area (Å²) in [5.41, 5.74) is 5.98. The lowest BCUT2D eigenvalue weighted by Gasteiger charge is -2.11. The van der Waals surface area contributed by atoms with Crippen molar-refractivity contribution in [3.8, 4) is 0 Å². The van der Waals surface area contributed by atoms with Gasteiger partial charge >= 0.3 is 0 Å². The molecule has 13 heavy (non-hydrogen) atoms. The van der Waals surface area contributed by atoms with Gasteiger partial charge in [0.2, 0.25) is 0 Å². The fraction of sp³-hybridized carbons (Fsp3) is 0.400. The summed E-state index contributed by atoms with van der Waals surface area (Å²) in [5.74, 6) is 0.966. The van der Waals surface area contributed by atoms with E-state index in [9.17, 15) is 0 Å². The summed E-state index contributed by atoms with van der Waals surface area (Å²) >= 11 is 1.75. The zero-order valence-corrected chi connectivity index (χ0v) is 8.22. The number of ether oxygens (including phenoxy) is 1. The van der Waals surface area contributed by atoms with Gasteiger partial charge in [-0.2, -0.15) is 0 Å². The van der Waals surface area contributed by atoms with Crippen LogP contribution in [0.2, 0.25) is 0 Å². The molecule has 2 rings (SSSR count). The molecule has 0 saturated heterocycles. The first kappa shape index (κ1) is 8.78. The second kappa shape index (κ2) is 3.94. The van der Waals surface area contributed by atoms with Crippen LogP contribution in [0, 0.1) is 0 Å². The summed E-state index contributed by atoms with van der Waals surface area (Å²) in [6.07, 6.45) is 4.00. The van der Waals surface area contributed by atoms with Crippen molar-refractivity contribution in [1.29, 1.82) is 0 Å². The standard InChI is InChI=1S/C10H13NOS/c11-9(10-4-1-5-12-10)7-8-3-2-6-13-8/h2-4,6,9H,1,5,7,11H2. The Labute approximate surface area is 82.0 Å². The number of hydrogen-bond acceptors (Lipinski definition) is 3. The van der Waals surface area contributed by atoms with Crippen molar-refractivity contribution in [2.75, 3.05) is 6.61 Å². The van der Waals surface area contributed by atoms with Gasteiger partial charge in [-0.25, -0.2) is 0 Å². The van der Waals surface area contributed by atoms with Crippen LogP contribution in [0.3, 0.4) is 0 Å². The normalized spacial score (nSPS) is 18.1. The second-order valence-electron chi connectivity index (χ2n) is 3.13. The molecule has 0 spiro atoms. The molecular formula is C10H13NOS. The average molecular weight is 195 g/mol. The maximum atomic E-state index is 5.98. The van der Waals surface area contributed by atoms with Gasteiger partial charge in [-0.3, -0.25) is 0 Å². The van der Waals surface area contributed by atoms with Gasteiger partial charge in [0, 0.05) is 17.7 Å². The summed E-state index contributed by atoms with van der Waals surface area (Å²) in [7, 11) is 0. The fourth-order valence-electron chi connectivity index (χ4n) is 1.44. The fourth-order valence-corrected chi connectivity index (χ4v) is 2.21. The molecule has 0 amide bonds. The van der Waals surface area contributed by atoms with E-state index in [0.717, 1.165) is 25.2 Å². The highest BCUT2D eigenvalue weighted by Crippen LogP contribution is 2.17. The summed E-state index contributed by atoms with van der Waals surface area (Å²) in [5, 5.41) is 2.08. The molecule has 1 atom stereocenters. The maximum Gasteiger partial charge on any atom is 0.109 e. The van der Waals surface area contributed by atoms with E-state index in [1.165, 1.54) is 4.88 Å². The van der Waals surface area contributed by atoms with Gasteiger partial charge in [0.05, 0.1) is 12.6 Å². The molecule has 0 saturated carbocycles. The lowest BCUT2D eigenvalue weighted by molar-refractivity contribution is 0.224. The lowest BCUT2D eigenvalue weighted by Crippen LogP contribution is -2.25. The van der Waals surface area contributed by atoms with E-state index in [-0.39, 0.29) is 6.04 Å². The van der Waals surface area contributed by atoms with Crippen molar-refractivity contribution in [2.24, 2.45) is 5.73 Å². The second-order valence-corrected chi connectivity index (χ2v) is 4.17. The third-order valence-corrected chi connectivity index (χ3v) is 3.00. The van der Waals surface area contributed by atoms with Crippen molar-refractivity contribution in [3.63, 3.8) is 0 Å². The minimum absolute atomic E-state index is 0.0427. The predicted octanol–water partition coefficient (Wildman–Crippen LogP) is 1.92. The molecule has 2 nitrogen and oxygen atoms in total. The highest BCUT2D eigenvalue weighted by Gasteiger charge is 2.15. The molecule has 0 fully saturated rings. The molecule has 0 bridgehead atoms. The van der Waals surface area contributed by atoms with E-state index in [0.29, 0.717) is 0 Å². The number of nitrogens with two attached hydrogens (primary N) is 1. The SMILES string of the molecule is NC(Cc1cccs1)C1=CCCO1. The first-order valence-electron chi connectivity index (χ1n) is 4.47. The quantitative estimate of drug-likeness (QED) is 0.799. The van der Waals surface area contributed by atoms with E-state index >= 15 is 0 Å². The molecule has 1 aliphatic rings. The Kier molecular flexibility index (Phi) is 2.66. The molecule has 0 aliphatic carbocycles. The van der Waals surface area contributed by atoms with Crippen molar-refractivity contribution in [2.45, 2.75) is 18.9 Å². The molecule has 1 aromatic heterocycles. The molecule has 0 radical (unpaired) electrons. The Morgan fingerprint density at radius 1 is 1.62 bits per heavy atom. The predicted molar refractivity (Wildman–Crippen MR) is 54.7 cm³/mol. The summed E-state index contributed by atoms with van der Waals surface area (Å²) in [6.45, 7) is 0.799. The van der Waals surface area contributed by atoms with Gasteiger partial charge in [0.15, 0.2) is 0 Å². The topological polar surface area (TPSA) is 35.2 Å². The van der Waals surface area contributed by atoms with E-state index in [1.807, 2.05) is 0 Å². The minimum Gasteiger partial charge on any atom is -0.496 e. The molecular weight excluding hydrogens is 182 g/mol. The molecule has 1 aromatic rings.